The van der Waals surface area contributed by atoms with E-state index in [4.69, 9.17) is 24.2 Å². The van der Waals surface area contributed by atoms with E-state index in [-0.39, 0.29) is 16.9 Å². The van der Waals surface area contributed by atoms with Crippen LogP contribution in [0.2, 0.25) is 0 Å². The first-order valence-electron chi connectivity index (χ1n) is 16.2. The van der Waals surface area contributed by atoms with Gasteiger partial charge in [-0.05, 0) is 20.8 Å². The molecule has 2 saturated heterocycles. The molecule has 2 fully saturated rings. The maximum atomic E-state index is 13.2. The predicted molar refractivity (Wildman–Crippen MR) is 195 cm³/mol. The molecule has 6 rings (SSSR count). The van der Waals surface area contributed by atoms with Crippen molar-refractivity contribution in [2.24, 2.45) is 0 Å². The fourth-order valence-electron chi connectivity index (χ4n) is 6.10. The van der Waals surface area contributed by atoms with E-state index in [9.17, 15) is 13.2 Å². The molecular formula is C34H45IN6O6S. The number of hydrogen-bond donors (Lipinski definition) is 1. The van der Waals surface area contributed by atoms with E-state index in [0.717, 1.165) is 33.3 Å². The number of sulfonamides is 1. The molecule has 0 radical (unpaired) electrons. The molecule has 3 aliphatic heterocycles. The van der Waals surface area contributed by atoms with Gasteiger partial charge in [0.1, 0.15) is 5.60 Å². The van der Waals surface area contributed by atoms with Crippen LogP contribution in [0.15, 0.2) is 41.4 Å². The van der Waals surface area contributed by atoms with Crippen LogP contribution < -0.4 is 19.7 Å². The van der Waals surface area contributed by atoms with Gasteiger partial charge in [0, 0.05) is 0 Å². The molecule has 12 nitrogen and oxygen atoms in total. The van der Waals surface area contributed by atoms with Gasteiger partial charge >= 0.3 is 251 Å². The van der Waals surface area contributed by atoms with Gasteiger partial charge in [0.05, 0.1) is 0 Å². The number of piperidine rings is 1. The van der Waals surface area contributed by atoms with Crippen molar-refractivity contribution >= 4 is 59.1 Å². The van der Waals surface area contributed by atoms with Crippen molar-refractivity contribution in [1.29, 1.82) is 0 Å². The summed E-state index contributed by atoms with van der Waals surface area (Å²) < 4.78 is 49.3. The Balaban J connectivity index is 1.30. The third-order valence-electron chi connectivity index (χ3n) is 8.55. The van der Waals surface area contributed by atoms with Crippen molar-refractivity contribution in [2.75, 3.05) is 66.5 Å². The number of nitrogens with zero attached hydrogens (tertiary/aromatic N) is 5. The standard InChI is InChI=1S/C34H45IN6O6S/c1-22-20-25(29-30(46-19-18-45-29)28(22)23-12-16-41(17-13-23)33(42)47-34(2,3)4)37-32-36-21-24(35-14-15-35)31(38-32)40(7)26-10-8-9-11-27(26)48(43,44)39(5)6/h8-11,20-21,23H,12-19H2,1-7H3,(H,36,37,38). The van der Waals surface area contributed by atoms with E-state index >= 15 is 0 Å². The van der Waals surface area contributed by atoms with Gasteiger partial charge < -0.3 is 9.64 Å². The number of aryl methyl sites for hydroxylation is 1. The molecule has 1 N–H and O–H groups in total. The second-order valence-electron chi connectivity index (χ2n) is 13.4. The van der Waals surface area contributed by atoms with Gasteiger partial charge in [-0.3, -0.25) is 0 Å². The van der Waals surface area contributed by atoms with Gasteiger partial charge in [-0.2, -0.15) is 0 Å². The minimum absolute atomic E-state index is 0.201. The molecule has 1 amide bonds. The summed E-state index contributed by atoms with van der Waals surface area (Å²) in [5.74, 6) is 2.65. The second kappa shape index (κ2) is 13.5. The topological polar surface area (TPSA) is 126 Å². The summed E-state index contributed by atoms with van der Waals surface area (Å²) >= 11 is -1.38. The van der Waals surface area contributed by atoms with Crippen molar-refractivity contribution in [2.45, 2.75) is 57.0 Å². The summed E-state index contributed by atoms with van der Waals surface area (Å²) in [4.78, 5) is 26.3. The first kappa shape index (κ1) is 34.5. The normalized spacial score (nSPS) is 17.3. The molecule has 0 bridgehead atoms. The van der Waals surface area contributed by atoms with Crippen LogP contribution in [-0.2, 0) is 14.8 Å². The van der Waals surface area contributed by atoms with Gasteiger partial charge in [0.25, 0.3) is 0 Å². The molecule has 3 aromatic rings. The fraction of sp³-hybridized carbons (Fsp3) is 0.500. The predicted octanol–water partition coefficient (Wildman–Crippen LogP) is 6.12. The van der Waals surface area contributed by atoms with E-state index in [1.54, 1.807) is 17.0 Å². The summed E-state index contributed by atoms with van der Waals surface area (Å²) in [7, 11) is 1.25. The summed E-state index contributed by atoms with van der Waals surface area (Å²) in [5, 5.41) is 3.41. The average molecular weight is 793 g/mol. The van der Waals surface area contributed by atoms with Crippen molar-refractivity contribution in [1.82, 2.24) is 19.2 Å². The van der Waals surface area contributed by atoms with Gasteiger partial charge in [-0.25, -0.2) is 4.79 Å². The third kappa shape index (κ3) is 7.15. The SMILES string of the molecule is Cc1cc(Nc2ncc(I3CC3)c(N(C)c3ccccc3S(=O)(=O)N(C)C)n2)c2c(c1C1CCN(C(=O)OC(C)(C)C)CC1)OCCO2. The van der Waals surface area contributed by atoms with Crippen LogP contribution in [0.25, 0.3) is 0 Å². The number of aromatic nitrogens is 2. The van der Waals surface area contributed by atoms with Crippen LogP contribution in [0.1, 0.15) is 50.7 Å². The van der Waals surface area contributed by atoms with Crippen LogP contribution in [-0.4, -0.2) is 95.6 Å². The number of halogens is 1. The van der Waals surface area contributed by atoms with Gasteiger partial charge in [-0.15, -0.1) is 0 Å². The number of rotatable bonds is 8. The fourth-order valence-corrected chi connectivity index (χ4v) is 11.6. The van der Waals surface area contributed by atoms with E-state index in [2.05, 4.69) is 18.3 Å². The summed E-state index contributed by atoms with van der Waals surface area (Å²) in [5.41, 5.74) is 2.89. The van der Waals surface area contributed by atoms with Crippen molar-refractivity contribution in [3.63, 3.8) is 0 Å². The molecule has 4 heterocycles. The van der Waals surface area contributed by atoms with Crippen LogP contribution in [0.3, 0.4) is 0 Å². The average Bonchev–Trinajstić information content (AvgIpc) is 3.89. The number of likely N-dealkylation sites (tertiary alicyclic amines) is 1. The number of hydrogen-bond acceptors (Lipinski definition) is 10. The molecule has 0 unspecified atom stereocenters. The zero-order chi connectivity index (χ0) is 34.4. The van der Waals surface area contributed by atoms with Crippen molar-refractivity contribution in [3.8, 4) is 11.5 Å². The molecule has 14 heteroatoms. The Morgan fingerprint density at radius 3 is 2.38 bits per heavy atom. The van der Waals surface area contributed by atoms with E-state index in [1.807, 2.05) is 51.0 Å². The number of alkyl halides is 2. The summed E-state index contributed by atoms with van der Waals surface area (Å²) in [6, 6.07) is 9.07. The van der Waals surface area contributed by atoms with Crippen molar-refractivity contribution in [3.05, 3.63) is 51.2 Å². The van der Waals surface area contributed by atoms with Gasteiger partial charge in [0.2, 0.25) is 0 Å². The van der Waals surface area contributed by atoms with Crippen LogP contribution in [0.4, 0.5) is 27.9 Å². The Hall–Kier alpha value is -3.37. The number of para-hydroxylation sites is 1. The molecule has 0 saturated carbocycles. The molecule has 0 spiro atoms. The molecule has 3 aliphatic rings. The molecule has 48 heavy (non-hydrogen) atoms. The molecule has 260 valence electrons. The van der Waals surface area contributed by atoms with Crippen LogP contribution in [0, 0.1) is 10.5 Å². The molecule has 1 aromatic heterocycles. The van der Waals surface area contributed by atoms with Crippen molar-refractivity contribution < 1.29 is 27.4 Å². The Morgan fingerprint density at radius 1 is 1.06 bits per heavy atom. The van der Waals surface area contributed by atoms with Gasteiger partial charge in [-0.1, -0.05) is 0 Å². The first-order valence-corrected chi connectivity index (χ1v) is 21.7. The molecule has 0 atom stereocenters. The van der Waals surface area contributed by atoms with Gasteiger partial charge in [0.15, 0.2) is 0 Å². The molecule has 0 aliphatic carbocycles. The van der Waals surface area contributed by atoms with E-state index < -0.39 is 35.4 Å². The molecule has 2 aromatic carbocycles. The number of anilines is 4. The second-order valence-corrected chi connectivity index (χ2v) is 21.4. The number of amides is 1. The maximum absolute atomic E-state index is 13.2. The third-order valence-corrected chi connectivity index (χ3v) is 15.0. The Morgan fingerprint density at radius 2 is 1.73 bits per heavy atom. The quantitative estimate of drug-likeness (QED) is 0.211. The zero-order valence-corrected chi connectivity index (χ0v) is 31.6. The summed E-state index contributed by atoms with van der Waals surface area (Å²) in [6.07, 6.45) is 3.22. The number of ether oxygens (including phenoxy) is 3. The number of carbonyl (C=O) groups is 1. The first-order chi connectivity index (χ1) is 22.7. The Bertz CT molecular complexity index is 1800. The Labute approximate surface area is 290 Å². The van der Waals surface area contributed by atoms with Crippen LogP contribution in [0.5, 0.6) is 11.5 Å². The molecular weight excluding hydrogens is 747 g/mol. The number of carbonyl (C=O) groups excluding carboxylic acids is 1. The van der Waals surface area contributed by atoms with E-state index in [0.29, 0.717) is 55.2 Å². The Kier molecular flexibility index (Phi) is 9.70. The monoisotopic (exact) mass is 792 g/mol. The zero-order valence-electron chi connectivity index (χ0n) is 28.7. The number of nitrogens with one attached hydrogen (secondary N) is 1. The number of benzene rings is 2. The summed E-state index contributed by atoms with van der Waals surface area (Å²) in [6.45, 7) is 9.79. The van der Waals surface area contributed by atoms with E-state index in [1.165, 1.54) is 27.3 Å². The number of fused-ring (bicyclic) bond motifs is 1. The minimum atomic E-state index is -3.69. The van der Waals surface area contributed by atoms with Crippen LogP contribution >= 0.6 is 19.8 Å².